The fraction of sp³-hybridized carbons (Fsp3) is 0.590. The third-order valence-electron chi connectivity index (χ3n) is 10.0. The molecule has 2 aliphatic heterocycles. The maximum atomic E-state index is 13.4. The number of aliphatic hydroxyl groups is 4. The highest BCUT2D eigenvalue weighted by molar-refractivity contribution is 5.93. The average Bonchev–Trinajstić information content (AvgIpc) is 3.07. The molecule has 0 bridgehead atoms. The van der Waals surface area contributed by atoms with Crippen LogP contribution in [0.2, 0.25) is 0 Å². The first-order valence-electron chi connectivity index (χ1n) is 17.6. The van der Waals surface area contributed by atoms with Crippen LogP contribution < -0.4 is 20.7 Å². The van der Waals surface area contributed by atoms with E-state index in [2.05, 4.69) is 41.9 Å². The monoisotopic (exact) mass is 695 g/mol. The summed E-state index contributed by atoms with van der Waals surface area (Å²) in [5.41, 5.74) is 3.67. The number of methoxy groups -OCH3 is 1. The highest BCUT2D eigenvalue weighted by Crippen LogP contribution is 2.40. The molecule has 4 rings (SSSR count). The molecule has 2 fully saturated rings. The number of piperidine rings is 1. The van der Waals surface area contributed by atoms with Gasteiger partial charge in [-0.1, -0.05) is 44.2 Å². The van der Waals surface area contributed by atoms with Gasteiger partial charge < -0.3 is 45.9 Å². The molecule has 7 N–H and O–H groups in total. The Labute approximate surface area is 296 Å². The fourth-order valence-electron chi connectivity index (χ4n) is 6.55. The second-order valence-corrected chi connectivity index (χ2v) is 15.2. The number of hydrogen-bond donors (Lipinski definition) is 7. The number of carbonyl (C=O) groups excluding carboxylic acids is 2. The fourth-order valence-corrected chi connectivity index (χ4v) is 6.55. The van der Waals surface area contributed by atoms with E-state index in [0.29, 0.717) is 17.7 Å². The average molecular weight is 696 g/mol. The van der Waals surface area contributed by atoms with Gasteiger partial charge in [0.2, 0.25) is 11.8 Å². The number of carbonyl (C=O) groups is 2. The van der Waals surface area contributed by atoms with E-state index >= 15 is 0 Å². The Hall–Kier alpha value is -3.32. The molecule has 11 nitrogen and oxygen atoms in total. The van der Waals surface area contributed by atoms with Crippen LogP contribution in [-0.2, 0) is 20.7 Å². The summed E-state index contributed by atoms with van der Waals surface area (Å²) in [6.07, 6.45) is -0.375. The van der Waals surface area contributed by atoms with E-state index in [0.717, 1.165) is 53.7 Å². The van der Waals surface area contributed by atoms with Crippen molar-refractivity contribution in [2.45, 2.75) is 116 Å². The zero-order valence-electron chi connectivity index (χ0n) is 30.7. The Morgan fingerprint density at radius 2 is 1.68 bits per heavy atom. The largest absolute Gasteiger partial charge is 0.496 e. The quantitative estimate of drug-likeness (QED) is 0.177. The molecule has 2 aliphatic rings. The summed E-state index contributed by atoms with van der Waals surface area (Å²) in [6.45, 7) is 14.5. The highest BCUT2D eigenvalue weighted by atomic mass is 16.5. The van der Waals surface area contributed by atoms with Crippen LogP contribution >= 0.6 is 0 Å². The first-order valence-corrected chi connectivity index (χ1v) is 17.6. The van der Waals surface area contributed by atoms with E-state index in [9.17, 15) is 30.0 Å². The molecule has 5 atom stereocenters. The molecule has 0 aromatic heterocycles. The first kappa shape index (κ1) is 39.5. The lowest BCUT2D eigenvalue weighted by molar-refractivity contribution is -0.232. The van der Waals surface area contributed by atoms with Crippen molar-refractivity contribution in [3.05, 3.63) is 69.8 Å². The van der Waals surface area contributed by atoms with Crippen LogP contribution in [0, 0.1) is 12.3 Å². The van der Waals surface area contributed by atoms with Crippen molar-refractivity contribution in [3.63, 3.8) is 0 Å². The van der Waals surface area contributed by atoms with Crippen LogP contribution in [-0.4, -0.2) is 95.0 Å². The van der Waals surface area contributed by atoms with Gasteiger partial charge in [0.25, 0.3) is 0 Å². The van der Waals surface area contributed by atoms with Gasteiger partial charge in [-0.2, -0.15) is 0 Å². The Bertz CT molecular complexity index is 1530. The number of aliphatic hydroxyl groups excluding tert-OH is 4. The van der Waals surface area contributed by atoms with Crippen LogP contribution in [0.5, 0.6) is 5.75 Å². The maximum absolute atomic E-state index is 13.4. The van der Waals surface area contributed by atoms with Crippen molar-refractivity contribution in [1.29, 1.82) is 0 Å². The summed E-state index contributed by atoms with van der Waals surface area (Å²) in [5, 5.41) is 50.8. The normalized spacial score (nSPS) is 23.7. The van der Waals surface area contributed by atoms with E-state index in [4.69, 9.17) is 9.47 Å². The molecular weight excluding hydrogens is 638 g/mol. The van der Waals surface area contributed by atoms with Gasteiger partial charge in [-0.05, 0) is 113 Å². The van der Waals surface area contributed by atoms with E-state index < -0.39 is 48.1 Å². The highest BCUT2D eigenvalue weighted by Gasteiger charge is 2.45. The molecule has 0 saturated carbocycles. The van der Waals surface area contributed by atoms with E-state index in [1.54, 1.807) is 13.8 Å². The van der Waals surface area contributed by atoms with Crippen LogP contribution in [0.3, 0.4) is 0 Å². The number of nitrogens with one attached hydrogen (secondary N) is 3. The molecular formula is C39H57N3O8. The second kappa shape index (κ2) is 16.4. The topological polar surface area (TPSA) is 170 Å². The van der Waals surface area contributed by atoms with Gasteiger partial charge in [0.05, 0.1) is 19.1 Å². The minimum absolute atomic E-state index is 0.102. The van der Waals surface area contributed by atoms with E-state index in [1.165, 1.54) is 7.11 Å². The van der Waals surface area contributed by atoms with Gasteiger partial charge in [-0.3, -0.25) is 9.59 Å². The molecule has 2 aromatic rings. The number of ether oxygens (including phenoxy) is 2. The lowest BCUT2D eigenvalue weighted by Gasteiger charge is -2.40. The summed E-state index contributed by atoms with van der Waals surface area (Å²) in [4.78, 5) is 26.4. The Morgan fingerprint density at radius 1 is 1.00 bits per heavy atom. The van der Waals surface area contributed by atoms with Gasteiger partial charge in [-0.15, -0.1) is 0 Å². The lowest BCUT2D eigenvalue weighted by Crippen LogP contribution is -2.59. The minimum Gasteiger partial charge on any atom is -0.496 e. The van der Waals surface area contributed by atoms with E-state index in [-0.39, 0.29) is 23.8 Å². The van der Waals surface area contributed by atoms with Crippen molar-refractivity contribution in [3.8, 4) is 5.75 Å². The SMILES string of the molecule is COc1cc(C(C)C)c(Cc2ccc(/C=C/C(C)(C)C(=O)NC(C)(C)C(=O)NC3CCNCC3)cc2C)cc1[C@@H]1O[C@H](CO)[C@@H](O)[C@H](O)[C@H]1O. The minimum atomic E-state index is -1.50. The summed E-state index contributed by atoms with van der Waals surface area (Å²) in [5.74, 6) is 0.195. The van der Waals surface area contributed by atoms with Gasteiger partial charge in [-0.25, -0.2) is 0 Å². The van der Waals surface area contributed by atoms with Crippen LogP contribution in [0.4, 0.5) is 0 Å². The molecule has 2 heterocycles. The Kier molecular flexibility index (Phi) is 12.9. The van der Waals surface area contributed by atoms with Crippen molar-refractivity contribution >= 4 is 17.9 Å². The first-order chi connectivity index (χ1) is 23.5. The molecule has 2 amide bonds. The summed E-state index contributed by atoms with van der Waals surface area (Å²) in [7, 11) is 1.53. The van der Waals surface area contributed by atoms with E-state index in [1.807, 2.05) is 51.1 Å². The number of amides is 2. The number of rotatable bonds is 12. The van der Waals surface area contributed by atoms with Gasteiger partial charge in [0.15, 0.2) is 0 Å². The van der Waals surface area contributed by atoms with Crippen LogP contribution in [0.25, 0.3) is 6.08 Å². The number of benzene rings is 2. The van der Waals surface area contributed by atoms with Gasteiger partial charge in [0.1, 0.15) is 41.8 Å². The third kappa shape index (κ3) is 9.12. The zero-order valence-corrected chi connectivity index (χ0v) is 30.7. The summed E-state index contributed by atoms with van der Waals surface area (Å²) in [6, 6.07) is 10.1. The predicted octanol–water partition coefficient (Wildman–Crippen LogP) is 3.04. The van der Waals surface area contributed by atoms with Crippen molar-refractivity contribution in [2.24, 2.45) is 5.41 Å². The molecule has 2 aromatic carbocycles. The Morgan fingerprint density at radius 3 is 2.28 bits per heavy atom. The van der Waals surface area contributed by atoms with Crippen LogP contribution in [0.15, 0.2) is 36.4 Å². The molecule has 0 aliphatic carbocycles. The predicted molar refractivity (Wildman–Crippen MR) is 193 cm³/mol. The summed E-state index contributed by atoms with van der Waals surface area (Å²) < 4.78 is 11.6. The van der Waals surface area contributed by atoms with Crippen molar-refractivity contribution < 1.29 is 39.5 Å². The molecule has 276 valence electrons. The smallest absolute Gasteiger partial charge is 0.245 e. The van der Waals surface area contributed by atoms with Gasteiger partial charge >= 0.3 is 0 Å². The molecule has 11 heteroatoms. The lowest BCUT2D eigenvalue weighted by atomic mass is 9.85. The second-order valence-electron chi connectivity index (χ2n) is 15.2. The maximum Gasteiger partial charge on any atom is 0.245 e. The molecule has 0 radical (unpaired) electrons. The summed E-state index contributed by atoms with van der Waals surface area (Å²) >= 11 is 0. The van der Waals surface area contributed by atoms with Gasteiger partial charge in [0, 0.05) is 11.6 Å². The van der Waals surface area contributed by atoms with Crippen molar-refractivity contribution in [2.75, 3.05) is 26.8 Å². The standard InChI is InChI=1S/C39H57N3O8/c1-22(2)28-20-30(49-8)29(35-34(46)33(45)32(44)31(21-43)50-35)19-26(28)18-25-10-9-24(17-23(25)3)11-14-38(4,5)36(47)42-39(6,7)37(48)41-27-12-15-40-16-13-27/h9-11,14,17,19-20,22,27,31-35,40,43-46H,12-13,15-16,18,21H2,1-8H3,(H,41,48)(H,42,47)/b14-11+/t31-,32-,33+,34-,35+/m1/s1. The molecule has 0 unspecified atom stereocenters. The zero-order chi connectivity index (χ0) is 37.0. The van der Waals surface area contributed by atoms with Crippen molar-refractivity contribution in [1.82, 2.24) is 16.0 Å². The third-order valence-corrected chi connectivity index (χ3v) is 10.0. The van der Waals surface area contributed by atoms with Crippen LogP contribution in [0.1, 0.15) is 99.8 Å². The molecule has 50 heavy (non-hydrogen) atoms. The number of aryl methyl sites for hydroxylation is 1. The number of hydrogen-bond acceptors (Lipinski definition) is 9. The Balaban J connectivity index is 1.52. The molecule has 0 spiro atoms. The molecule has 2 saturated heterocycles.